The summed E-state index contributed by atoms with van der Waals surface area (Å²) in [6, 6.07) is 12.5. The summed E-state index contributed by atoms with van der Waals surface area (Å²) in [6.45, 7) is 0.611. The van der Waals surface area contributed by atoms with Crippen LogP contribution in [-0.4, -0.2) is 21.2 Å². The normalized spacial score (nSPS) is 16.3. The fraction of sp³-hybridized carbons (Fsp3) is 0.158. The summed E-state index contributed by atoms with van der Waals surface area (Å²) < 4.78 is 15.0. The standard InChI is InChI=1S/C19H16FN3O3/c20-13-7-3-4-8-14(13)23-18(25)15(17(24)22-19(23)26)16-12-6-2-1-5-11(12)9-10-21-16/h1-8,16,21,25H,9-10H2,(H,22,24,26)/t16-/m0/s1. The number of H-pyrrole nitrogens is 1. The Labute approximate surface area is 147 Å². The van der Waals surface area contributed by atoms with Gasteiger partial charge in [0.1, 0.15) is 5.82 Å². The number of halogens is 1. The summed E-state index contributed by atoms with van der Waals surface area (Å²) in [4.78, 5) is 26.9. The molecule has 0 saturated heterocycles. The first kappa shape index (κ1) is 16.3. The van der Waals surface area contributed by atoms with Gasteiger partial charge in [-0.25, -0.2) is 13.8 Å². The summed E-state index contributed by atoms with van der Waals surface area (Å²) in [5.74, 6) is -1.25. The number of aromatic amines is 1. The molecule has 0 fully saturated rings. The molecule has 3 N–H and O–H groups in total. The average molecular weight is 353 g/mol. The lowest BCUT2D eigenvalue weighted by molar-refractivity contribution is 0.408. The van der Waals surface area contributed by atoms with Crippen molar-refractivity contribution in [1.29, 1.82) is 0 Å². The Balaban J connectivity index is 1.98. The minimum absolute atomic E-state index is 0.0139. The van der Waals surface area contributed by atoms with Crippen LogP contribution in [-0.2, 0) is 6.42 Å². The van der Waals surface area contributed by atoms with Gasteiger partial charge in [0.15, 0.2) is 0 Å². The number of hydrogen-bond donors (Lipinski definition) is 3. The van der Waals surface area contributed by atoms with E-state index >= 15 is 0 Å². The predicted octanol–water partition coefficient (Wildman–Crippen LogP) is 1.61. The van der Waals surface area contributed by atoms with E-state index in [0.717, 1.165) is 22.1 Å². The Hall–Kier alpha value is -3.19. The molecule has 4 rings (SSSR count). The van der Waals surface area contributed by atoms with Crippen molar-refractivity contribution in [2.75, 3.05) is 6.54 Å². The number of nitrogens with zero attached hydrogens (tertiary/aromatic N) is 1. The third-order valence-corrected chi connectivity index (χ3v) is 4.61. The molecule has 1 aliphatic rings. The molecule has 1 aliphatic heterocycles. The second-order valence-corrected chi connectivity index (χ2v) is 6.12. The number of benzene rings is 2. The number of rotatable bonds is 2. The van der Waals surface area contributed by atoms with Gasteiger partial charge in [0, 0.05) is 6.54 Å². The zero-order valence-corrected chi connectivity index (χ0v) is 13.7. The molecule has 1 aromatic heterocycles. The molecular formula is C19H16FN3O3. The molecule has 0 amide bonds. The molecule has 0 unspecified atom stereocenters. The molecule has 7 heteroatoms. The second kappa shape index (κ2) is 6.27. The van der Waals surface area contributed by atoms with E-state index in [1.54, 1.807) is 6.07 Å². The van der Waals surface area contributed by atoms with Gasteiger partial charge in [-0.2, -0.15) is 0 Å². The highest BCUT2D eigenvalue weighted by Crippen LogP contribution is 2.31. The zero-order valence-electron chi connectivity index (χ0n) is 13.7. The van der Waals surface area contributed by atoms with Crippen molar-refractivity contribution in [2.45, 2.75) is 12.5 Å². The highest BCUT2D eigenvalue weighted by molar-refractivity contribution is 5.45. The average Bonchev–Trinajstić information content (AvgIpc) is 2.63. The van der Waals surface area contributed by atoms with Crippen LogP contribution in [0.4, 0.5) is 4.39 Å². The van der Waals surface area contributed by atoms with Crippen LogP contribution >= 0.6 is 0 Å². The Bertz CT molecular complexity index is 1100. The Morgan fingerprint density at radius 1 is 1.08 bits per heavy atom. The molecule has 6 nitrogen and oxygen atoms in total. The van der Waals surface area contributed by atoms with E-state index in [2.05, 4.69) is 10.3 Å². The first-order valence-corrected chi connectivity index (χ1v) is 8.22. The van der Waals surface area contributed by atoms with Crippen molar-refractivity contribution < 1.29 is 9.50 Å². The van der Waals surface area contributed by atoms with Gasteiger partial charge in [-0.3, -0.25) is 9.78 Å². The van der Waals surface area contributed by atoms with Crippen LogP contribution in [0.15, 0.2) is 58.1 Å². The minimum Gasteiger partial charge on any atom is -0.494 e. The van der Waals surface area contributed by atoms with Crippen LogP contribution in [0.25, 0.3) is 5.69 Å². The van der Waals surface area contributed by atoms with Crippen LogP contribution in [0.1, 0.15) is 22.7 Å². The van der Waals surface area contributed by atoms with Gasteiger partial charge < -0.3 is 10.4 Å². The van der Waals surface area contributed by atoms with Crippen LogP contribution in [0.2, 0.25) is 0 Å². The molecule has 0 aliphatic carbocycles. The predicted molar refractivity (Wildman–Crippen MR) is 94.3 cm³/mol. The van der Waals surface area contributed by atoms with Crippen molar-refractivity contribution >= 4 is 0 Å². The van der Waals surface area contributed by atoms with E-state index in [1.807, 2.05) is 24.3 Å². The van der Waals surface area contributed by atoms with Crippen LogP contribution < -0.4 is 16.6 Å². The van der Waals surface area contributed by atoms with E-state index in [4.69, 9.17) is 0 Å². The van der Waals surface area contributed by atoms with E-state index in [9.17, 15) is 19.1 Å². The van der Waals surface area contributed by atoms with E-state index in [-0.39, 0.29) is 11.3 Å². The smallest absolute Gasteiger partial charge is 0.335 e. The van der Waals surface area contributed by atoms with Crippen molar-refractivity contribution in [3.8, 4) is 11.6 Å². The Morgan fingerprint density at radius 2 is 1.81 bits per heavy atom. The molecular weight excluding hydrogens is 337 g/mol. The topological polar surface area (TPSA) is 87.1 Å². The lowest BCUT2D eigenvalue weighted by Gasteiger charge is -2.27. The summed E-state index contributed by atoms with van der Waals surface area (Å²) in [6.07, 6.45) is 0.790. The van der Waals surface area contributed by atoms with Gasteiger partial charge in [0.05, 0.1) is 17.3 Å². The van der Waals surface area contributed by atoms with Crippen molar-refractivity contribution in [3.05, 3.63) is 91.9 Å². The zero-order chi connectivity index (χ0) is 18.3. The molecule has 0 saturated carbocycles. The quantitative estimate of drug-likeness (QED) is 0.653. The highest BCUT2D eigenvalue weighted by Gasteiger charge is 2.29. The van der Waals surface area contributed by atoms with Gasteiger partial charge in [0.25, 0.3) is 5.56 Å². The Kier molecular flexibility index (Phi) is 3.93. The van der Waals surface area contributed by atoms with E-state index in [1.165, 1.54) is 18.2 Å². The fourth-order valence-corrected chi connectivity index (χ4v) is 3.42. The van der Waals surface area contributed by atoms with Crippen molar-refractivity contribution in [2.24, 2.45) is 0 Å². The lowest BCUT2D eigenvalue weighted by atomic mass is 9.90. The number of aromatic hydroxyl groups is 1. The monoisotopic (exact) mass is 353 g/mol. The largest absolute Gasteiger partial charge is 0.494 e. The molecule has 132 valence electrons. The third-order valence-electron chi connectivity index (χ3n) is 4.61. The van der Waals surface area contributed by atoms with Crippen LogP contribution in [0.5, 0.6) is 5.88 Å². The first-order valence-electron chi connectivity index (χ1n) is 8.22. The third kappa shape index (κ3) is 2.53. The lowest BCUT2D eigenvalue weighted by Crippen LogP contribution is -2.38. The fourth-order valence-electron chi connectivity index (χ4n) is 3.42. The molecule has 0 spiro atoms. The summed E-state index contributed by atoms with van der Waals surface area (Å²) >= 11 is 0. The maximum Gasteiger partial charge on any atom is 0.335 e. The van der Waals surface area contributed by atoms with Crippen LogP contribution in [0.3, 0.4) is 0 Å². The Morgan fingerprint density at radius 3 is 2.62 bits per heavy atom. The molecule has 2 heterocycles. The first-order chi connectivity index (χ1) is 12.6. The highest BCUT2D eigenvalue weighted by atomic mass is 19.1. The summed E-state index contributed by atoms with van der Waals surface area (Å²) in [5.41, 5.74) is 0.160. The molecule has 0 bridgehead atoms. The minimum atomic E-state index is -0.898. The van der Waals surface area contributed by atoms with Gasteiger partial charge in [-0.05, 0) is 29.7 Å². The van der Waals surface area contributed by atoms with Gasteiger partial charge in [-0.15, -0.1) is 0 Å². The molecule has 0 radical (unpaired) electrons. The van der Waals surface area contributed by atoms with Crippen LogP contribution in [0, 0.1) is 5.82 Å². The second-order valence-electron chi connectivity index (χ2n) is 6.12. The SMILES string of the molecule is O=c1[nH]c(=O)n(-c2ccccc2F)c(O)c1[C@H]1NCCc2ccccc21. The number of hydrogen-bond acceptors (Lipinski definition) is 4. The van der Waals surface area contributed by atoms with Crippen molar-refractivity contribution in [1.82, 2.24) is 14.9 Å². The molecule has 2 aromatic carbocycles. The number of aromatic nitrogens is 2. The number of para-hydroxylation sites is 1. The molecule has 26 heavy (non-hydrogen) atoms. The summed E-state index contributed by atoms with van der Waals surface area (Å²) in [5, 5.41) is 13.9. The summed E-state index contributed by atoms with van der Waals surface area (Å²) in [7, 11) is 0. The maximum absolute atomic E-state index is 14.2. The number of fused-ring (bicyclic) bond motifs is 1. The molecule has 1 atom stereocenters. The van der Waals surface area contributed by atoms with Gasteiger partial charge in [0.2, 0.25) is 5.88 Å². The maximum atomic E-state index is 14.2. The molecule has 3 aromatic rings. The van der Waals surface area contributed by atoms with E-state index < -0.39 is 29.0 Å². The van der Waals surface area contributed by atoms with Gasteiger partial charge in [-0.1, -0.05) is 36.4 Å². The van der Waals surface area contributed by atoms with Gasteiger partial charge >= 0.3 is 5.69 Å². The van der Waals surface area contributed by atoms with Crippen molar-refractivity contribution in [3.63, 3.8) is 0 Å². The van der Waals surface area contributed by atoms with E-state index in [0.29, 0.717) is 6.54 Å². The number of nitrogens with one attached hydrogen (secondary N) is 2.